The fourth-order valence-electron chi connectivity index (χ4n) is 6.01. The van der Waals surface area contributed by atoms with Gasteiger partial charge in [-0.15, -0.1) is 0 Å². The molecule has 1 aliphatic heterocycles. The van der Waals surface area contributed by atoms with Crippen LogP contribution in [0.5, 0.6) is 5.75 Å². The molecule has 0 spiro atoms. The molecule has 7 nitrogen and oxygen atoms in total. The molecule has 1 saturated carbocycles. The number of alkyl halides is 6. The summed E-state index contributed by atoms with van der Waals surface area (Å²) in [6, 6.07) is 5.64. The molecule has 0 bridgehead atoms. The standard InChI is InChI=1S/C33H40F6N2O5S/c1-20(19-41-21(2)29(46-30(41)42)23-14-24(32(34,35)36)17-25(15-23)33(37,38)39)18-31(3,4)13-7-8-22-16-26(9-12-28(22)45-6)40(5)47(43,44)27-10-11-27/h9,12,14-17,21,27,29H,1,7-8,10-11,13,18-19H2,2-6H3/t21-,29-/m0/s1. The van der Waals surface area contributed by atoms with E-state index >= 15 is 0 Å². The molecule has 1 aliphatic carbocycles. The number of methoxy groups -OCH3 is 1. The molecule has 260 valence electrons. The minimum atomic E-state index is -5.03. The van der Waals surface area contributed by atoms with Gasteiger partial charge in [0, 0.05) is 13.6 Å². The van der Waals surface area contributed by atoms with E-state index in [2.05, 4.69) is 6.58 Å². The van der Waals surface area contributed by atoms with Crippen LogP contribution in [0.4, 0.5) is 36.8 Å². The van der Waals surface area contributed by atoms with Crippen molar-refractivity contribution >= 4 is 21.8 Å². The Morgan fingerprint density at radius 3 is 2.17 bits per heavy atom. The van der Waals surface area contributed by atoms with Gasteiger partial charge >= 0.3 is 18.4 Å². The molecule has 47 heavy (non-hydrogen) atoms. The van der Waals surface area contributed by atoms with Crippen molar-refractivity contribution in [3.63, 3.8) is 0 Å². The highest BCUT2D eigenvalue weighted by atomic mass is 32.2. The first-order chi connectivity index (χ1) is 21.6. The average molecular weight is 691 g/mol. The van der Waals surface area contributed by atoms with Crippen LogP contribution in [0, 0.1) is 5.41 Å². The second kappa shape index (κ2) is 13.2. The maximum absolute atomic E-state index is 13.4. The van der Waals surface area contributed by atoms with Crippen LogP contribution in [0.25, 0.3) is 0 Å². The number of amides is 1. The van der Waals surface area contributed by atoms with Crippen molar-refractivity contribution in [2.24, 2.45) is 5.41 Å². The predicted molar refractivity (Wildman–Crippen MR) is 166 cm³/mol. The van der Waals surface area contributed by atoms with Gasteiger partial charge in [0.25, 0.3) is 0 Å². The number of benzene rings is 2. The highest BCUT2D eigenvalue weighted by Gasteiger charge is 2.43. The third-order valence-corrected chi connectivity index (χ3v) is 11.0. The topological polar surface area (TPSA) is 76.2 Å². The predicted octanol–water partition coefficient (Wildman–Crippen LogP) is 8.54. The Morgan fingerprint density at radius 1 is 1.04 bits per heavy atom. The average Bonchev–Trinajstić information content (AvgIpc) is 3.79. The van der Waals surface area contributed by atoms with E-state index in [9.17, 15) is 39.6 Å². The summed E-state index contributed by atoms with van der Waals surface area (Å²) in [7, 11) is -0.312. The van der Waals surface area contributed by atoms with E-state index in [4.69, 9.17) is 9.47 Å². The lowest BCUT2D eigenvalue weighted by Crippen LogP contribution is -2.34. The SMILES string of the molecule is C=C(CN1C(=O)O[C@H](c2cc(C(F)(F)F)cc(C(F)(F)F)c2)[C@@H]1C)CC(C)(C)CCCc1cc(N(C)S(=O)(=O)C2CC2)ccc1OC. The number of hydrogen-bond acceptors (Lipinski definition) is 5. The summed E-state index contributed by atoms with van der Waals surface area (Å²) in [6.45, 7) is 9.68. The smallest absolute Gasteiger partial charge is 0.416 e. The minimum Gasteiger partial charge on any atom is -0.496 e. The van der Waals surface area contributed by atoms with Gasteiger partial charge in [-0.05, 0) is 98.4 Å². The Bertz CT molecular complexity index is 1570. The Morgan fingerprint density at radius 2 is 1.64 bits per heavy atom. The molecule has 0 unspecified atom stereocenters. The molecule has 1 amide bonds. The van der Waals surface area contributed by atoms with E-state index in [1.54, 1.807) is 26.3 Å². The van der Waals surface area contributed by atoms with Gasteiger partial charge in [0.15, 0.2) is 0 Å². The van der Waals surface area contributed by atoms with Gasteiger partial charge in [-0.25, -0.2) is 13.2 Å². The number of aryl methyl sites for hydroxylation is 1. The van der Waals surface area contributed by atoms with E-state index in [0.29, 0.717) is 54.8 Å². The first-order valence-electron chi connectivity index (χ1n) is 15.2. The fourth-order valence-corrected chi connectivity index (χ4v) is 7.60. The van der Waals surface area contributed by atoms with Crippen LogP contribution in [-0.4, -0.2) is 51.4 Å². The van der Waals surface area contributed by atoms with Crippen LogP contribution in [0.15, 0.2) is 48.6 Å². The van der Waals surface area contributed by atoms with Gasteiger partial charge in [0.2, 0.25) is 10.0 Å². The summed E-state index contributed by atoms with van der Waals surface area (Å²) < 4.78 is 118. The highest BCUT2D eigenvalue weighted by Crippen LogP contribution is 2.42. The number of carbonyl (C=O) groups excluding carboxylic acids is 1. The number of nitrogens with zero attached hydrogens (tertiary/aromatic N) is 2. The van der Waals surface area contributed by atoms with Gasteiger partial charge in [-0.1, -0.05) is 26.0 Å². The van der Waals surface area contributed by atoms with Crippen LogP contribution >= 0.6 is 0 Å². The molecular weight excluding hydrogens is 650 g/mol. The van der Waals surface area contributed by atoms with Crippen LogP contribution in [0.2, 0.25) is 0 Å². The van der Waals surface area contributed by atoms with E-state index in [1.807, 2.05) is 19.9 Å². The number of cyclic esters (lactones) is 1. The molecule has 1 saturated heterocycles. The van der Waals surface area contributed by atoms with Crippen LogP contribution in [0.1, 0.15) is 81.2 Å². The number of halogens is 6. The summed E-state index contributed by atoms with van der Waals surface area (Å²) in [5.41, 5.74) is -1.57. The molecule has 1 heterocycles. The number of carbonyl (C=O) groups is 1. The maximum atomic E-state index is 13.4. The molecule has 2 atom stereocenters. The lowest BCUT2D eigenvalue weighted by Gasteiger charge is -2.29. The van der Waals surface area contributed by atoms with E-state index in [-0.39, 0.29) is 23.3 Å². The van der Waals surface area contributed by atoms with Crippen molar-refractivity contribution in [3.8, 4) is 5.75 Å². The molecule has 14 heteroatoms. The van der Waals surface area contributed by atoms with Crippen molar-refractivity contribution in [2.75, 3.05) is 25.0 Å². The molecule has 0 N–H and O–H groups in total. The highest BCUT2D eigenvalue weighted by molar-refractivity contribution is 7.93. The third-order valence-electron chi connectivity index (χ3n) is 8.71. The number of ether oxygens (including phenoxy) is 2. The third kappa shape index (κ3) is 8.55. The Kier molecular flexibility index (Phi) is 10.3. The summed E-state index contributed by atoms with van der Waals surface area (Å²) in [4.78, 5) is 14.0. The van der Waals surface area contributed by atoms with E-state index in [1.165, 1.54) is 16.1 Å². The first kappa shape index (κ1) is 36.4. The maximum Gasteiger partial charge on any atom is 0.416 e. The van der Waals surface area contributed by atoms with Crippen LogP contribution in [-0.2, 0) is 33.5 Å². The quantitative estimate of drug-likeness (QED) is 0.156. The number of anilines is 1. The number of sulfonamides is 1. The Balaban J connectivity index is 1.38. The van der Waals surface area contributed by atoms with Gasteiger partial charge in [-0.2, -0.15) is 26.3 Å². The summed E-state index contributed by atoms with van der Waals surface area (Å²) in [5, 5.41) is -0.342. The molecule has 0 radical (unpaired) electrons. The molecule has 2 aromatic rings. The molecule has 2 aromatic carbocycles. The molecule has 4 rings (SSSR count). The second-order valence-electron chi connectivity index (χ2n) is 13.2. The summed E-state index contributed by atoms with van der Waals surface area (Å²) >= 11 is 0. The van der Waals surface area contributed by atoms with Crippen LogP contribution in [0.3, 0.4) is 0 Å². The van der Waals surface area contributed by atoms with Crippen molar-refractivity contribution in [1.29, 1.82) is 0 Å². The number of rotatable bonds is 13. The van der Waals surface area contributed by atoms with Crippen LogP contribution < -0.4 is 9.04 Å². The van der Waals surface area contributed by atoms with Gasteiger partial charge < -0.3 is 9.47 Å². The van der Waals surface area contributed by atoms with Crippen molar-refractivity contribution < 1.29 is 49.0 Å². The fraction of sp³-hybridized carbons (Fsp3) is 0.545. The summed E-state index contributed by atoms with van der Waals surface area (Å²) in [6.07, 6.45) is -8.38. The lowest BCUT2D eigenvalue weighted by molar-refractivity contribution is -0.143. The Hall–Kier alpha value is -3.42. The zero-order chi connectivity index (χ0) is 35.1. The zero-order valence-electron chi connectivity index (χ0n) is 27.0. The summed E-state index contributed by atoms with van der Waals surface area (Å²) in [5.74, 6) is 0.646. The van der Waals surface area contributed by atoms with E-state index in [0.717, 1.165) is 18.4 Å². The largest absolute Gasteiger partial charge is 0.496 e. The van der Waals surface area contributed by atoms with Gasteiger partial charge in [0.1, 0.15) is 11.9 Å². The van der Waals surface area contributed by atoms with E-state index < -0.39 is 57.3 Å². The molecular formula is C33H40F6N2O5S. The monoisotopic (exact) mass is 690 g/mol. The first-order valence-corrected chi connectivity index (χ1v) is 16.7. The second-order valence-corrected chi connectivity index (χ2v) is 15.4. The lowest BCUT2D eigenvalue weighted by atomic mass is 9.80. The molecule has 2 fully saturated rings. The van der Waals surface area contributed by atoms with Crippen molar-refractivity contribution in [2.45, 2.75) is 89.0 Å². The minimum absolute atomic E-state index is 0.0166. The Labute approximate surface area is 271 Å². The molecule has 2 aliphatic rings. The normalized spacial score (nSPS) is 19.1. The van der Waals surface area contributed by atoms with Crippen molar-refractivity contribution in [1.82, 2.24) is 4.90 Å². The number of hydrogen-bond donors (Lipinski definition) is 0. The zero-order valence-corrected chi connectivity index (χ0v) is 27.8. The van der Waals surface area contributed by atoms with Gasteiger partial charge in [-0.3, -0.25) is 9.21 Å². The van der Waals surface area contributed by atoms with Gasteiger partial charge in [0.05, 0.1) is 35.2 Å². The molecule has 0 aromatic heterocycles. The van der Waals surface area contributed by atoms with Crippen molar-refractivity contribution in [3.05, 3.63) is 70.8 Å².